The summed E-state index contributed by atoms with van der Waals surface area (Å²) < 4.78 is 0. The van der Waals surface area contributed by atoms with Gasteiger partial charge >= 0.3 is 0 Å². The number of carbonyl (C=O) groups is 2. The summed E-state index contributed by atoms with van der Waals surface area (Å²) in [5.41, 5.74) is 0.247. The zero-order valence-corrected chi connectivity index (χ0v) is 12.0. The van der Waals surface area contributed by atoms with Gasteiger partial charge in [0, 0.05) is 19.5 Å². The summed E-state index contributed by atoms with van der Waals surface area (Å²) in [6.45, 7) is 4.96. The lowest BCUT2D eigenvalue weighted by molar-refractivity contribution is -0.137. The van der Waals surface area contributed by atoms with Gasteiger partial charge in [0.15, 0.2) is 0 Å². The molecule has 1 heterocycles. The van der Waals surface area contributed by atoms with E-state index in [-0.39, 0.29) is 29.7 Å². The minimum atomic E-state index is -0.0817. The molecule has 1 aliphatic heterocycles. The fraction of sp³-hybridized carbons (Fsp3) is 0.857. The van der Waals surface area contributed by atoms with Gasteiger partial charge in [-0.3, -0.25) is 9.59 Å². The Morgan fingerprint density at radius 1 is 1.37 bits per heavy atom. The summed E-state index contributed by atoms with van der Waals surface area (Å²) >= 11 is 0. The lowest BCUT2D eigenvalue weighted by Gasteiger charge is -2.26. The van der Waals surface area contributed by atoms with E-state index in [1.165, 1.54) is 0 Å². The number of hydrogen-bond donors (Lipinski definition) is 2. The highest BCUT2D eigenvalue weighted by Crippen LogP contribution is 2.59. The smallest absolute Gasteiger partial charge is 0.239 e. The van der Waals surface area contributed by atoms with Gasteiger partial charge in [0.2, 0.25) is 11.8 Å². The number of amides is 2. The molecule has 2 amide bonds. The number of likely N-dealkylation sites (N-methyl/N-ethyl adjacent to an activating group) is 1. The molecule has 1 spiro atoms. The molecule has 0 bridgehead atoms. The Morgan fingerprint density at radius 2 is 2.05 bits per heavy atom. The number of carbonyl (C=O) groups excluding carboxylic acids is 2. The topological polar surface area (TPSA) is 61.4 Å². The number of hydrogen-bond acceptors (Lipinski definition) is 3. The SMILES string of the molecule is CCCN(CC(=O)NC)C(=O)C1CC12CCNCC2. The van der Waals surface area contributed by atoms with Crippen LogP contribution in [0.1, 0.15) is 32.6 Å². The summed E-state index contributed by atoms with van der Waals surface area (Å²) in [7, 11) is 1.61. The highest BCUT2D eigenvalue weighted by Gasteiger charge is 2.58. The van der Waals surface area contributed by atoms with E-state index >= 15 is 0 Å². The van der Waals surface area contributed by atoms with Crippen molar-refractivity contribution in [2.45, 2.75) is 32.6 Å². The maximum atomic E-state index is 12.5. The molecule has 1 aliphatic carbocycles. The number of nitrogens with one attached hydrogen (secondary N) is 2. The molecule has 2 aliphatic rings. The molecule has 0 aromatic heterocycles. The van der Waals surface area contributed by atoms with Gasteiger partial charge in [-0.1, -0.05) is 6.92 Å². The monoisotopic (exact) mass is 267 g/mol. The maximum absolute atomic E-state index is 12.5. The van der Waals surface area contributed by atoms with Gasteiger partial charge in [0.05, 0.1) is 6.54 Å². The largest absolute Gasteiger partial charge is 0.358 e. The van der Waals surface area contributed by atoms with Gasteiger partial charge in [-0.15, -0.1) is 0 Å². The second-order valence-electron chi connectivity index (χ2n) is 5.80. The predicted octanol–water partition coefficient (Wildman–Crippen LogP) is 0.361. The highest BCUT2D eigenvalue weighted by molar-refractivity contribution is 5.87. The molecule has 0 radical (unpaired) electrons. The zero-order chi connectivity index (χ0) is 13.9. The molecular formula is C14H25N3O2. The fourth-order valence-corrected chi connectivity index (χ4v) is 3.18. The predicted molar refractivity (Wildman–Crippen MR) is 73.6 cm³/mol. The van der Waals surface area contributed by atoms with Gasteiger partial charge < -0.3 is 15.5 Å². The Labute approximate surface area is 115 Å². The summed E-state index contributed by atoms with van der Waals surface area (Å²) in [5, 5.41) is 5.94. The number of nitrogens with zero attached hydrogens (tertiary/aromatic N) is 1. The second kappa shape index (κ2) is 5.90. The maximum Gasteiger partial charge on any atom is 0.239 e. The van der Waals surface area contributed by atoms with Crippen LogP contribution in [0.3, 0.4) is 0 Å². The van der Waals surface area contributed by atoms with E-state index in [4.69, 9.17) is 0 Å². The normalized spacial score (nSPS) is 24.0. The summed E-state index contributed by atoms with van der Waals surface area (Å²) in [6, 6.07) is 0. The van der Waals surface area contributed by atoms with Gasteiger partial charge in [-0.2, -0.15) is 0 Å². The van der Waals surface area contributed by atoms with Crippen LogP contribution in [-0.2, 0) is 9.59 Å². The molecule has 0 aromatic rings. The third-order valence-corrected chi connectivity index (χ3v) is 4.51. The van der Waals surface area contributed by atoms with Crippen molar-refractivity contribution in [1.29, 1.82) is 0 Å². The van der Waals surface area contributed by atoms with Crippen LogP contribution in [-0.4, -0.2) is 49.9 Å². The first-order chi connectivity index (χ1) is 9.13. The Bertz CT molecular complexity index is 351. The molecule has 1 saturated heterocycles. The van der Waals surface area contributed by atoms with Crippen molar-refractivity contribution in [3.63, 3.8) is 0 Å². The molecule has 108 valence electrons. The summed E-state index contributed by atoms with van der Waals surface area (Å²) in [4.78, 5) is 25.8. The minimum Gasteiger partial charge on any atom is -0.358 e. The van der Waals surface area contributed by atoms with Crippen LogP contribution in [0.2, 0.25) is 0 Å². The third-order valence-electron chi connectivity index (χ3n) is 4.51. The van der Waals surface area contributed by atoms with E-state index in [0.29, 0.717) is 6.54 Å². The van der Waals surface area contributed by atoms with Crippen LogP contribution in [0.25, 0.3) is 0 Å². The number of rotatable bonds is 5. The van der Waals surface area contributed by atoms with E-state index in [2.05, 4.69) is 10.6 Å². The van der Waals surface area contributed by atoms with Crippen LogP contribution in [0, 0.1) is 11.3 Å². The lowest BCUT2D eigenvalue weighted by Crippen LogP contribution is -2.42. The molecule has 0 aromatic carbocycles. The summed E-state index contributed by atoms with van der Waals surface area (Å²) in [5.74, 6) is 0.264. The van der Waals surface area contributed by atoms with E-state index in [1.54, 1.807) is 11.9 Å². The van der Waals surface area contributed by atoms with E-state index in [1.807, 2.05) is 6.92 Å². The number of piperidine rings is 1. The van der Waals surface area contributed by atoms with Crippen molar-refractivity contribution in [1.82, 2.24) is 15.5 Å². The van der Waals surface area contributed by atoms with Crippen molar-refractivity contribution in [3.8, 4) is 0 Å². The molecule has 5 heteroatoms. The van der Waals surface area contributed by atoms with E-state index in [0.717, 1.165) is 38.8 Å². The van der Waals surface area contributed by atoms with Crippen molar-refractivity contribution in [3.05, 3.63) is 0 Å². The Kier molecular flexibility index (Phi) is 4.45. The van der Waals surface area contributed by atoms with Gasteiger partial charge in [-0.05, 0) is 44.2 Å². The van der Waals surface area contributed by atoms with Crippen molar-refractivity contribution in [2.24, 2.45) is 11.3 Å². The highest BCUT2D eigenvalue weighted by atomic mass is 16.2. The van der Waals surface area contributed by atoms with Crippen LogP contribution >= 0.6 is 0 Å². The molecule has 1 unspecified atom stereocenters. The quantitative estimate of drug-likeness (QED) is 0.756. The zero-order valence-electron chi connectivity index (χ0n) is 12.0. The first kappa shape index (κ1) is 14.3. The third kappa shape index (κ3) is 3.08. The van der Waals surface area contributed by atoms with E-state index in [9.17, 15) is 9.59 Å². The molecule has 1 atom stereocenters. The standard InChI is InChI=1S/C14H25N3O2/c1-3-8-17(10-12(18)15-2)13(19)11-9-14(11)4-6-16-7-5-14/h11,16H,3-10H2,1-2H3,(H,15,18). The molecule has 2 N–H and O–H groups in total. The van der Waals surface area contributed by atoms with Gasteiger partial charge in [0.1, 0.15) is 0 Å². The lowest BCUT2D eigenvalue weighted by atomic mass is 9.91. The van der Waals surface area contributed by atoms with Crippen LogP contribution in [0.5, 0.6) is 0 Å². The van der Waals surface area contributed by atoms with E-state index < -0.39 is 0 Å². The second-order valence-corrected chi connectivity index (χ2v) is 5.80. The molecular weight excluding hydrogens is 242 g/mol. The average molecular weight is 267 g/mol. The minimum absolute atomic E-state index is 0.0817. The van der Waals surface area contributed by atoms with Gasteiger partial charge in [0.25, 0.3) is 0 Å². The van der Waals surface area contributed by atoms with Crippen LogP contribution in [0.4, 0.5) is 0 Å². The molecule has 1 saturated carbocycles. The molecule has 2 rings (SSSR count). The van der Waals surface area contributed by atoms with Gasteiger partial charge in [-0.25, -0.2) is 0 Å². The first-order valence-corrected chi connectivity index (χ1v) is 7.33. The average Bonchev–Trinajstić information content (AvgIpc) is 3.11. The van der Waals surface area contributed by atoms with Crippen molar-refractivity contribution in [2.75, 3.05) is 33.2 Å². The van der Waals surface area contributed by atoms with Crippen LogP contribution in [0.15, 0.2) is 0 Å². The molecule has 2 fully saturated rings. The Hall–Kier alpha value is -1.10. The summed E-state index contributed by atoms with van der Waals surface area (Å²) in [6.07, 6.45) is 4.11. The van der Waals surface area contributed by atoms with Crippen molar-refractivity contribution < 1.29 is 9.59 Å². The van der Waals surface area contributed by atoms with Crippen LogP contribution < -0.4 is 10.6 Å². The fourth-order valence-electron chi connectivity index (χ4n) is 3.18. The van der Waals surface area contributed by atoms with Crippen molar-refractivity contribution >= 4 is 11.8 Å². The molecule has 5 nitrogen and oxygen atoms in total. The molecule has 19 heavy (non-hydrogen) atoms. The Balaban J connectivity index is 1.94. The first-order valence-electron chi connectivity index (χ1n) is 7.33. The Morgan fingerprint density at radius 3 is 2.63 bits per heavy atom.